The Morgan fingerprint density at radius 3 is 3.00 bits per heavy atom. The van der Waals surface area contributed by atoms with Gasteiger partial charge in [-0.15, -0.1) is 0 Å². The van der Waals surface area contributed by atoms with E-state index in [0.717, 1.165) is 42.3 Å². The van der Waals surface area contributed by atoms with E-state index in [1.54, 1.807) is 0 Å². The Balaban J connectivity index is 1.95. The maximum absolute atomic E-state index is 6.27. The number of halogens is 1. The van der Waals surface area contributed by atoms with Crippen molar-refractivity contribution < 1.29 is 4.74 Å². The number of nitrogens with one attached hydrogen (secondary N) is 1. The summed E-state index contributed by atoms with van der Waals surface area (Å²) in [6, 6.07) is 0. The van der Waals surface area contributed by atoms with E-state index >= 15 is 0 Å². The minimum atomic E-state index is 0.305. The Bertz CT molecular complexity index is 372. The summed E-state index contributed by atoms with van der Waals surface area (Å²) in [7, 11) is 1.92. The fourth-order valence-corrected chi connectivity index (χ4v) is 2.48. The second-order valence-electron chi connectivity index (χ2n) is 4.46. The van der Waals surface area contributed by atoms with Gasteiger partial charge in [0.2, 0.25) is 0 Å². The summed E-state index contributed by atoms with van der Waals surface area (Å²) in [5, 5.41) is 8.48. The van der Waals surface area contributed by atoms with Gasteiger partial charge >= 0.3 is 0 Å². The summed E-state index contributed by atoms with van der Waals surface area (Å²) in [5.74, 6) is 0. The van der Waals surface area contributed by atoms with Gasteiger partial charge in [0.15, 0.2) is 0 Å². The number of piperidine rings is 1. The normalized spacial score (nSPS) is 20.8. The van der Waals surface area contributed by atoms with Crippen LogP contribution in [0, 0.1) is 0 Å². The number of hydrogen-bond acceptors (Lipinski definition) is 3. The summed E-state index contributed by atoms with van der Waals surface area (Å²) < 4.78 is 7.71. The van der Waals surface area contributed by atoms with E-state index in [9.17, 15) is 0 Å². The lowest BCUT2D eigenvalue weighted by atomic mass is 10.1. The van der Waals surface area contributed by atoms with Crippen LogP contribution in [0.5, 0.6) is 0 Å². The van der Waals surface area contributed by atoms with Crippen LogP contribution in [0.15, 0.2) is 0 Å². The summed E-state index contributed by atoms with van der Waals surface area (Å²) in [4.78, 5) is 0. The van der Waals surface area contributed by atoms with Crippen molar-refractivity contribution in [2.75, 3.05) is 13.1 Å². The van der Waals surface area contributed by atoms with Crippen LogP contribution < -0.4 is 5.32 Å². The molecule has 0 amide bonds. The molecule has 0 aromatic carbocycles. The first-order valence-electron chi connectivity index (χ1n) is 6.25. The average Bonchev–Trinajstić information content (AvgIpc) is 2.63. The zero-order valence-corrected chi connectivity index (χ0v) is 11.3. The average molecular weight is 258 g/mol. The number of rotatable bonds is 4. The van der Waals surface area contributed by atoms with Gasteiger partial charge in [-0.25, -0.2) is 0 Å². The highest BCUT2D eigenvalue weighted by Crippen LogP contribution is 2.22. The van der Waals surface area contributed by atoms with Crippen LogP contribution in [-0.4, -0.2) is 29.0 Å². The number of nitrogens with zero attached hydrogens (tertiary/aromatic N) is 2. The minimum Gasteiger partial charge on any atom is -0.371 e. The first-order chi connectivity index (χ1) is 8.22. The lowest BCUT2D eigenvalue weighted by Crippen LogP contribution is -2.35. The zero-order chi connectivity index (χ0) is 12.3. The molecular formula is C12H20ClN3O. The molecule has 0 bridgehead atoms. The lowest BCUT2D eigenvalue weighted by Gasteiger charge is -2.23. The second-order valence-corrected chi connectivity index (χ2v) is 4.84. The molecule has 1 aliphatic heterocycles. The highest BCUT2D eigenvalue weighted by atomic mass is 35.5. The molecule has 1 atom stereocenters. The monoisotopic (exact) mass is 257 g/mol. The molecule has 1 aromatic heterocycles. The van der Waals surface area contributed by atoms with Gasteiger partial charge in [0, 0.05) is 13.6 Å². The molecule has 2 rings (SSSR count). The van der Waals surface area contributed by atoms with Crippen molar-refractivity contribution in [2.45, 2.75) is 38.9 Å². The number of aromatic nitrogens is 2. The van der Waals surface area contributed by atoms with Crippen molar-refractivity contribution in [1.82, 2.24) is 15.1 Å². The van der Waals surface area contributed by atoms with Crippen molar-refractivity contribution in [3.05, 3.63) is 16.4 Å². The molecule has 1 N–H and O–H groups in total. The van der Waals surface area contributed by atoms with E-state index in [4.69, 9.17) is 16.3 Å². The van der Waals surface area contributed by atoms with E-state index in [1.807, 2.05) is 11.7 Å². The predicted octanol–water partition coefficient (Wildman–Crippen LogP) is 1.90. The lowest BCUT2D eigenvalue weighted by molar-refractivity contribution is 0.0222. The third-order valence-electron chi connectivity index (χ3n) is 3.21. The third-order valence-corrected chi connectivity index (χ3v) is 3.65. The topological polar surface area (TPSA) is 39.1 Å². The SMILES string of the molecule is CCc1nn(C)c(CO[C@H]2CCCNC2)c1Cl. The van der Waals surface area contributed by atoms with Crippen LogP contribution in [0.3, 0.4) is 0 Å². The molecule has 0 spiro atoms. The van der Waals surface area contributed by atoms with Crippen molar-refractivity contribution in [1.29, 1.82) is 0 Å². The van der Waals surface area contributed by atoms with Gasteiger partial charge in [0.25, 0.3) is 0 Å². The molecule has 0 unspecified atom stereocenters. The predicted molar refractivity (Wildman–Crippen MR) is 68.3 cm³/mol. The van der Waals surface area contributed by atoms with Crippen LogP contribution in [0.4, 0.5) is 0 Å². The summed E-state index contributed by atoms with van der Waals surface area (Å²) >= 11 is 6.27. The number of aryl methyl sites for hydroxylation is 2. The maximum atomic E-state index is 6.27. The van der Waals surface area contributed by atoms with E-state index in [-0.39, 0.29) is 0 Å². The fourth-order valence-electron chi connectivity index (χ4n) is 2.14. The van der Waals surface area contributed by atoms with Gasteiger partial charge in [0.1, 0.15) is 0 Å². The van der Waals surface area contributed by atoms with Crippen LogP contribution in [-0.2, 0) is 24.8 Å². The van der Waals surface area contributed by atoms with Gasteiger partial charge in [0.05, 0.1) is 29.1 Å². The van der Waals surface area contributed by atoms with E-state index in [0.29, 0.717) is 12.7 Å². The maximum Gasteiger partial charge on any atom is 0.0904 e. The van der Waals surface area contributed by atoms with Gasteiger partial charge in [-0.3, -0.25) is 4.68 Å². The molecule has 1 fully saturated rings. The molecule has 0 radical (unpaired) electrons. The largest absolute Gasteiger partial charge is 0.371 e. The Hall–Kier alpha value is -0.580. The fraction of sp³-hybridized carbons (Fsp3) is 0.750. The summed E-state index contributed by atoms with van der Waals surface area (Å²) in [5.41, 5.74) is 1.93. The Labute approximate surface area is 107 Å². The Kier molecular flexibility index (Phi) is 4.42. The molecular weight excluding hydrogens is 238 g/mol. The first-order valence-corrected chi connectivity index (χ1v) is 6.62. The van der Waals surface area contributed by atoms with Crippen LogP contribution in [0.25, 0.3) is 0 Å². The Morgan fingerprint density at radius 2 is 2.41 bits per heavy atom. The molecule has 1 aliphatic rings. The smallest absolute Gasteiger partial charge is 0.0904 e. The molecule has 0 aliphatic carbocycles. The van der Waals surface area contributed by atoms with E-state index in [2.05, 4.69) is 17.3 Å². The highest BCUT2D eigenvalue weighted by molar-refractivity contribution is 6.31. The van der Waals surface area contributed by atoms with Crippen LogP contribution in [0.1, 0.15) is 31.2 Å². The standard InChI is InChI=1S/C12H20ClN3O/c1-3-10-12(13)11(16(2)15-10)8-17-9-5-4-6-14-7-9/h9,14H,3-8H2,1-2H3/t9-/m0/s1. The van der Waals surface area contributed by atoms with Crippen molar-refractivity contribution in [3.63, 3.8) is 0 Å². The van der Waals surface area contributed by atoms with Crippen molar-refractivity contribution in [2.24, 2.45) is 7.05 Å². The highest BCUT2D eigenvalue weighted by Gasteiger charge is 2.17. The number of hydrogen-bond donors (Lipinski definition) is 1. The van der Waals surface area contributed by atoms with Gasteiger partial charge in [-0.05, 0) is 25.8 Å². The molecule has 1 saturated heterocycles. The van der Waals surface area contributed by atoms with E-state index in [1.165, 1.54) is 6.42 Å². The summed E-state index contributed by atoms with van der Waals surface area (Å²) in [6.07, 6.45) is 3.48. The molecule has 0 saturated carbocycles. The molecule has 1 aromatic rings. The second kappa shape index (κ2) is 5.85. The molecule has 96 valence electrons. The minimum absolute atomic E-state index is 0.305. The quantitative estimate of drug-likeness (QED) is 0.896. The van der Waals surface area contributed by atoms with Crippen molar-refractivity contribution in [3.8, 4) is 0 Å². The zero-order valence-electron chi connectivity index (χ0n) is 10.5. The molecule has 17 heavy (non-hydrogen) atoms. The summed E-state index contributed by atoms with van der Waals surface area (Å²) in [6.45, 7) is 4.65. The van der Waals surface area contributed by atoms with Crippen LogP contribution >= 0.6 is 11.6 Å². The Morgan fingerprint density at radius 1 is 1.59 bits per heavy atom. The molecule has 5 heteroatoms. The molecule has 2 heterocycles. The number of ether oxygens (including phenoxy) is 1. The van der Waals surface area contributed by atoms with E-state index < -0.39 is 0 Å². The van der Waals surface area contributed by atoms with Gasteiger partial charge < -0.3 is 10.1 Å². The molecule has 4 nitrogen and oxygen atoms in total. The van der Waals surface area contributed by atoms with Crippen molar-refractivity contribution >= 4 is 11.6 Å². The van der Waals surface area contributed by atoms with Gasteiger partial charge in [-0.1, -0.05) is 18.5 Å². The van der Waals surface area contributed by atoms with Gasteiger partial charge in [-0.2, -0.15) is 5.10 Å². The third kappa shape index (κ3) is 3.00. The van der Waals surface area contributed by atoms with Crippen LogP contribution in [0.2, 0.25) is 5.02 Å². The first kappa shape index (κ1) is 12.9.